The first-order valence-electron chi connectivity index (χ1n) is 7.74. The van der Waals surface area contributed by atoms with Gasteiger partial charge in [-0.3, -0.25) is 4.79 Å². The van der Waals surface area contributed by atoms with Crippen LogP contribution >= 0.6 is 0 Å². The van der Waals surface area contributed by atoms with Gasteiger partial charge < -0.3 is 19.1 Å². The van der Waals surface area contributed by atoms with E-state index < -0.39 is 18.0 Å². The summed E-state index contributed by atoms with van der Waals surface area (Å²) in [6.07, 6.45) is 10.0. The number of carbonyl (C=O) groups excluding carboxylic acids is 2. The Hall–Kier alpha value is -1.62. The number of allylic oxidation sites excluding steroid dienone is 3. The molecule has 0 fully saturated rings. The van der Waals surface area contributed by atoms with E-state index in [2.05, 4.69) is 19.1 Å². The van der Waals surface area contributed by atoms with Gasteiger partial charge in [-0.15, -0.1) is 0 Å². The molecular formula is C17H29NO4. The average Bonchev–Trinajstić information content (AvgIpc) is 2.34. The summed E-state index contributed by atoms with van der Waals surface area (Å²) in [4.78, 5) is 22.5. The van der Waals surface area contributed by atoms with Crippen molar-refractivity contribution in [3.63, 3.8) is 0 Å². The number of ether oxygens (including phenoxy) is 1. The normalized spacial score (nSPS) is 13.6. The van der Waals surface area contributed by atoms with E-state index in [9.17, 15) is 14.7 Å². The Balaban J connectivity index is 4.19. The highest BCUT2D eigenvalue weighted by atomic mass is 16.5. The van der Waals surface area contributed by atoms with Crippen molar-refractivity contribution in [1.82, 2.24) is 0 Å². The number of nitrogens with zero attached hydrogens (tertiary/aromatic N) is 1. The van der Waals surface area contributed by atoms with Crippen molar-refractivity contribution in [3.05, 3.63) is 24.3 Å². The molecule has 0 aromatic rings. The Labute approximate surface area is 133 Å². The average molecular weight is 311 g/mol. The van der Waals surface area contributed by atoms with Crippen LogP contribution in [0, 0.1) is 0 Å². The lowest BCUT2D eigenvalue weighted by atomic mass is 10.2. The molecule has 0 aliphatic heterocycles. The second-order valence-corrected chi connectivity index (χ2v) is 6.29. The molecule has 0 saturated heterocycles. The molecule has 0 aromatic heterocycles. The van der Waals surface area contributed by atoms with Gasteiger partial charge in [0.15, 0.2) is 6.10 Å². The van der Waals surface area contributed by atoms with Crippen molar-refractivity contribution in [2.75, 3.05) is 27.7 Å². The minimum atomic E-state index is -1.20. The fourth-order valence-corrected chi connectivity index (χ4v) is 1.95. The summed E-state index contributed by atoms with van der Waals surface area (Å²) in [6, 6.07) is 0. The van der Waals surface area contributed by atoms with Crippen LogP contribution < -0.4 is 5.11 Å². The van der Waals surface area contributed by atoms with Crippen LogP contribution in [0.2, 0.25) is 0 Å². The Morgan fingerprint density at radius 2 is 1.68 bits per heavy atom. The molecule has 0 rings (SSSR count). The van der Waals surface area contributed by atoms with Crippen molar-refractivity contribution < 1.29 is 23.9 Å². The summed E-state index contributed by atoms with van der Waals surface area (Å²) in [7, 11) is 5.75. The Morgan fingerprint density at radius 3 is 2.18 bits per heavy atom. The summed E-state index contributed by atoms with van der Waals surface area (Å²) in [5, 5.41) is 10.7. The molecule has 0 amide bonds. The first-order chi connectivity index (χ1) is 10.2. The predicted molar refractivity (Wildman–Crippen MR) is 84.8 cm³/mol. The first-order valence-corrected chi connectivity index (χ1v) is 7.74. The van der Waals surface area contributed by atoms with E-state index in [4.69, 9.17) is 4.74 Å². The van der Waals surface area contributed by atoms with Gasteiger partial charge >= 0.3 is 5.97 Å². The lowest BCUT2D eigenvalue weighted by Gasteiger charge is -2.29. The quantitative estimate of drug-likeness (QED) is 0.251. The van der Waals surface area contributed by atoms with Crippen LogP contribution in [0.25, 0.3) is 0 Å². The number of rotatable bonds is 11. The van der Waals surface area contributed by atoms with E-state index in [1.54, 1.807) is 6.08 Å². The lowest BCUT2D eigenvalue weighted by molar-refractivity contribution is -0.873. The van der Waals surface area contributed by atoms with E-state index in [0.717, 1.165) is 19.3 Å². The van der Waals surface area contributed by atoms with E-state index in [1.165, 1.54) is 0 Å². The number of esters is 1. The van der Waals surface area contributed by atoms with Gasteiger partial charge in [0.1, 0.15) is 6.54 Å². The molecule has 1 unspecified atom stereocenters. The predicted octanol–water partition coefficient (Wildman–Crippen LogP) is 1.44. The second kappa shape index (κ2) is 11.0. The molecule has 1 atom stereocenters. The highest BCUT2D eigenvalue weighted by molar-refractivity contribution is 5.72. The van der Waals surface area contributed by atoms with E-state index in [1.807, 2.05) is 27.2 Å². The minimum Gasteiger partial charge on any atom is -0.550 e. The number of hydrogen-bond acceptors (Lipinski definition) is 4. The van der Waals surface area contributed by atoms with Crippen LogP contribution in [0.3, 0.4) is 0 Å². The number of carboxylic acid groups (broad SMARTS) is 1. The third-order valence-electron chi connectivity index (χ3n) is 2.80. The van der Waals surface area contributed by atoms with Crippen molar-refractivity contribution in [2.24, 2.45) is 0 Å². The fraction of sp³-hybridized carbons (Fsp3) is 0.647. The molecular weight excluding hydrogens is 282 g/mol. The summed E-state index contributed by atoms with van der Waals surface area (Å²) in [5.74, 6) is -1.61. The third kappa shape index (κ3) is 13.4. The fourth-order valence-electron chi connectivity index (χ4n) is 1.95. The highest BCUT2D eigenvalue weighted by Gasteiger charge is 2.21. The summed E-state index contributed by atoms with van der Waals surface area (Å²) in [5.41, 5.74) is 0. The van der Waals surface area contributed by atoms with Crippen LogP contribution in [0.1, 0.15) is 39.0 Å². The highest BCUT2D eigenvalue weighted by Crippen LogP contribution is 2.06. The number of aliphatic carboxylic acids is 1. The molecule has 0 aliphatic rings. The number of hydrogen-bond donors (Lipinski definition) is 0. The molecule has 0 aliphatic carbocycles. The molecule has 126 valence electrons. The molecule has 0 aromatic carbocycles. The number of carboxylic acids is 1. The van der Waals surface area contributed by atoms with Crippen LogP contribution in [0.4, 0.5) is 0 Å². The second-order valence-electron chi connectivity index (χ2n) is 6.29. The maximum absolute atomic E-state index is 11.7. The standard InChI is InChI=1S/C17H29NO4/c1-5-6-7-8-9-10-11-12-17(21)22-15(13-16(19)20)14-18(2,3)4/h6-7,10-11,15H,5,8-9,12-14H2,1-4H3/b7-6+,11-10+. The van der Waals surface area contributed by atoms with Crippen molar-refractivity contribution in [2.45, 2.75) is 45.1 Å². The topological polar surface area (TPSA) is 66.4 Å². The van der Waals surface area contributed by atoms with Gasteiger partial charge in [0, 0.05) is 12.4 Å². The Bertz CT molecular complexity index is 394. The number of quaternary nitrogens is 1. The van der Waals surface area contributed by atoms with Gasteiger partial charge in [0.05, 0.1) is 27.6 Å². The molecule has 0 radical (unpaired) electrons. The molecule has 0 heterocycles. The summed E-state index contributed by atoms with van der Waals surface area (Å²) in [6.45, 7) is 2.52. The monoisotopic (exact) mass is 311 g/mol. The van der Waals surface area contributed by atoms with Crippen LogP contribution in [0.5, 0.6) is 0 Å². The largest absolute Gasteiger partial charge is 0.550 e. The third-order valence-corrected chi connectivity index (χ3v) is 2.80. The zero-order valence-electron chi connectivity index (χ0n) is 14.2. The smallest absolute Gasteiger partial charge is 0.310 e. The van der Waals surface area contributed by atoms with Gasteiger partial charge in [0.2, 0.25) is 0 Å². The van der Waals surface area contributed by atoms with E-state index >= 15 is 0 Å². The molecule has 5 heteroatoms. The van der Waals surface area contributed by atoms with E-state index in [-0.39, 0.29) is 12.8 Å². The number of carbonyl (C=O) groups is 2. The molecule has 0 bridgehead atoms. The summed E-state index contributed by atoms with van der Waals surface area (Å²) < 4.78 is 5.76. The molecule has 5 nitrogen and oxygen atoms in total. The zero-order valence-corrected chi connectivity index (χ0v) is 14.2. The van der Waals surface area contributed by atoms with Gasteiger partial charge in [-0.2, -0.15) is 0 Å². The van der Waals surface area contributed by atoms with Crippen molar-refractivity contribution >= 4 is 11.9 Å². The van der Waals surface area contributed by atoms with Crippen molar-refractivity contribution in [1.29, 1.82) is 0 Å². The van der Waals surface area contributed by atoms with Gasteiger partial charge in [-0.05, 0) is 19.3 Å². The van der Waals surface area contributed by atoms with Crippen molar-refractivity contribution in [3.8, 4) is 0 Å². The van der Waals surface area contributed by atoms with Gasteiger partial charge in [-0.25, -0.2) is 0 Å². The zero-order chi connectivity index (χ0) is 17.0. The maximum atomic E-state index is 11.7. The summed E-state index contributed by atoms with van der Waals surface area (Å²) >= 11 is 0. The maximum Gasteiger partial charge on any atom is 0.310 e. The van der Waals surface area contributed by atoms with E-state index in [0.29, 0.717) is 11.0 Å². The molecule has 22 heavy (non-hydrogen) atoms. The minimum absolute atomic E-state index is 0.165. The van der Waals surface area contributed by atoms with Crippen LogP contribution in [0.15, 0.2) is 24.3 Å². The molecule has 0 N–H and O–H groups in total. The van der Waals surface area contributed by atoms with Gasteiger partial charge in [-0.1, -0.05) is 31.2 Å². The van der Waals surface area contributed by atoms with Gasteiger partial charge in [0.25, 0.3) is 0 Å². The number of unbranched alkanes of at least 4 members (excludes halogenated alkanes) is 1. The van der Waals surface area contributed by atoms with Crippen LogP contribution in [-0.2, 0) is 14.3 Å². The lowest BCUT2D eigenvalue weighted by Crippen LogP contribution is -2.45. The Kier molecular flexibility index (Phi) is 10.2. The first kappa shape index (κ1) is 20.4. The van der Waals surface area contributed by atoms with Crippen LogP contribution in [-0.4, -0.2) is 50.2 Å². The molecule has 0 spiro atoms. The molecule has 0 saturated carbocycles. The number of likely N-dealkylation sites (N-methyl/N-ethyl adjacent to an activating group) is 1. The SMILES string of the molecule is CC/C=C/CC/C=C/CC(=O)OC(CC(=O)[O-])C[N+](C)(C)C. The Morgan fingerprint density at radius 1 is 1.09 bits per heavy atom.